The van der Waals surface area contributed by atoms with Crippen LogP contribution in [0.15, 0.2) is 4.99 Å². The van der Waals surface area contributed by atoms with Crippen LogP contribution in [0.2, 0.25) is 0 Å². The van der Waals surface area contributed by atoms with E-state index in [2.05, 4.69) is 58.2 Å². The number of unbranched alkanes of at least 4 members (excludes halogenated alkanes) is 2. The SMILES string of the molecule is CC[C@H](C)[C@H](NC(=O)[C@H](CCCN=C(N)N)NC(=O)CNC(C)=O)C(=O)NCC(=O)N[C@@H](CCCCN)C(=O)N[C@@H](CC(C)C)C(=O)NCC(=O)N[C@@H](CC(C)C)C(=O)NCC(=O)N[C@@H](CCCCN)C(N)=O. The lowest BCUT2D eigenvalue weighted by Gasteiger charge is -2.27. The Labute approximate surface area is 428 Å². The van der Waals surface area contributed by atoms with Crippen molar-refractivity contribution in [2.75, 3.05) is 45.8 Å². The Kier molecular flexibility index (Phi) is 33.8. The predicted octanol–water partition coefficient (Wildman–Crippen LogP) is -4.68. The second-order valence-corrected chi connectivity index (χ2v) is 18.7. The van der Waals surface area contributed by atoms with Gasteiger partial charge in [0, 0.05) is 13.5 Å². The van der Waals surface area contributed by atoms with Crippen LogP contribution in [0, 0.1) is 17.8 Å². The quantitative estimate of drug-likeness (QED) is 0.0157. The van der Waals surface area contributed by atoms with Gasteiger partial charge in [0.05, 0.1) is 26.2 Å². The van der Waals surface area contributed by atoms with Crippen molar-refractivity contribution >= 4 is 70.9 Å². The lowest BCUT2D eigenvalue weighted by molar-refractivity contribution is -0.134. The van der Waals surface area contributed by atoms with E-state index in [1.165, 1.54) is 6.92 Å². The summed E-state index contributed by atoms with van der Waals surface area (Å²) in [5.74, 6) is -8.46. The number of carbonyl (C=O) groups excluding carboxylic acids is 11. The van der Waals surface area contributed by atoms with E-state index in [0.717, 1.165) is 0 Å². The summed E-state index contributed by atoms with van der Waals surface area (Å²) in [5.41, 5.74) is 27.4. The Bertz CT molecular complexity index is 1850. The fourth-order valence-corrected chi connectivity index (χ4v) is 6.99. The summed E-state index contributed by atoms with van der Waals surface area (Å²) in [5, 5.41) is 25.3. The van der Waals surface area contributed by atoms with Crippen molar-refractivity contribution in [3.8, 4) is 0 Å². The van der Waals surface area contributed by atoms with E-state index in [-0.39, 0.29) is 62.9 Å². The van der Waals surface area contributed by atoms with E-state index in [0.29, 0.717) is 45.2 Å². The molecule has 0 unspecified atom stereocenters. The summed E-state index contributed by atoms with van der Waals surface area (Å²) >= 11 is 0. The van der Waals surface area contributed by atoms with Crippen molar-refractivity contribution in [3.63, 3.8) is 0 Å². The van der Waals surface area contributed by atoms with Gasteiger partial charge in [-0.1, -0.05) is 48.0 Å². The minimum atomic E-state index is -1.19. The van der Waals surface area contributed by atoms with Gasteiger partial charge in [-0.25, -0.2) is 0 Å². The lowest BCUT2D eigenvalue weighted by Crippen LogP contribution is -2.58. The Hall–Kier alpha value is -6.64. The minimum Gasteiger partial charge on any atom is -0.370 e. The number of nitrogens with two attached hydrogens (primary N) is 5. The van der Waals surface area contributed by atoms with Crippen LogP contribution < -0.4 is 81.8 Å². The molecule has 7 atom stereocenters. The Morgan fingerprint density at radius 1 is 0.452 bits per heavy atom. The molecule has 0 bridgehead atoms. The molecule has 0 aromatic rings. The van der Waals surface area contributed by atoms with Gasteiger partial charge in [0.25, 0.3) is 0 Å². The van der Waals surface area contributed by atoms with Crippen LogP contribution in [0.3, 0.4) is 0 Å². The molecule has 0 heterocycles. The minimum absolute atomic E-state index is 0.0670. The third-order valence-corrected chi connectivity index (χ3v) is 11.1. The highest BCUT2D eigenvalue weighted by atomic mass is 16.2. The van der Waals surface area contributed by atoms with Gasteiger partial charge in [0.15, 0.2) is 5.96 Å². The number of guanidine groups is 1. The highest BCUT2D eigenvalue weighted by Gasteiger charge is 2.32. The zero-order valence-electron chi connectivity index (χ0n) is 43.7. The summed E-state index contributed by atoms with van der Waals surface area (Å²) < 4.78 is 0. The molecule has 27 nitrogen and oxygen atoms in total. The van der Waals surface area contributed by atoms with Crippen LogP contribution >= 0.6 is 0 Å². The van der Waals surface area contributed by atoms with Gasteiger partial charge in [-0.3, -0.25) is 57.7 Å². The summed E-state index contributed by atoms with van der Waals surface area (Å²) in [6, 6.07) is -6.74. The number of nitrogens with zero attached hydrogens (tertiary/aromatic N) is 1. The summed E-state index contributed by atoms with van der Waals surface area (Å²) in [6.07, 6.45) is 3.50. The van der Waals surface area contributed by atoms with Gasteiger partial charge in [-0.05, 0) is 95.1 Å². The Balaban J connectivity index is 5.91. The number of aliphatic imine (C=N–C) groups is 1. The molecule has 0 aliphatic carbocycles. The van der Waals surface area contributed by atoms with Crippen LogP contribution in [0.1, 0.15) is 119 Å². The number of nitrogens with one attached hydrogen (secondary N) is 10. The topological polar surface area (TPSA) is 451 Å². The van der Waals surface area contributed by atoms with Crippen molar-refractivity contribution in [2.45, 2.75) is 155 Å². The zero-order chi connectivity index (χ0) is 55.6. The largest absolute Gasteiger partial charge is 0.370 e. The second kappa shape index (κ2) is 37.2. The molecule has 0 spiro atoms. The van der Waals surface area contributed by atoms with E-state index in [4.69, 9.17) is 28.7 Å². The van der Waals surface area contributed by atoms with Crippen molar-refractivity contribution in [1.82, 2.24) is 53.2 Å². The number of amides is 11. The number of carbonyl (C=O) groups is 11. The lowest BCUT2D eigenvalue weighted by atomic mass is 9.97. The molecule has 0 saturated heterocycles. The first-order valence-corrected chi connectivity index (χ1v) is 25.0. The first-order chi connectivity index (χ1) is 34.3. The average molecular weight is 1040 g/mol. The maximum atomic E-state index is 13.8. The molecule has 73 heavy (non-hydrogen) atoms. The first kappa shape index (κ1) is 66.4. The number of hydrogen-bond acceptors (Lipinski definition) is 14. The maximum absolute atomic E-state index is 13.8. The van der Waals surface area contributed by atoms with Gasteiger partial charge in [0.1, 0.15) is 36.3 Å². The molecular weight excluding hydrogens is 953 g/mol. The molecule has 0 aliphatic rings. The van der Waals surface area contributed by atoms with Crippen molar-refractivity contribution in [2.24, 2.45) is 51.4 Å². The third-order valence-electron chi connectivity index (χ3n) is 11.1. The monoisotopic (exact) mass is 1040 g/mol. The predicted molar refractivity (Wildman–Crippen MR) is 273 cm³/mol. The normalized spacial score (nSPS) is 13.8. The molecule has 20 N–H and O–H groups in total. The molecule has 27 heteroatoms. The van der Waals surface area contributed by atoms with E-state index in [1.54, 1.807) is 13.8 Å². The fraction of sp³-hybridized carbons (Fsp3) is 0.739. The number of rotatable bonds is 38. The molecule has 0 radical (unpaired) electrons. The number of hydrogen-bond donors (Lipinski definition) is 15. The van der Waals surface area contributed by atoms with E-state index in [9.17, 15) is 52.7 Å². The van der Waals surface area contributed by atoms with Gasteiger partial charge >= 0.3 is 0 Å². The fourth-order valence-electron chi connectivity index (χ4n) is 6.99. The van der Waals surface area contributed by atoms with E-state index >= 15 is 0 Å². The van der Waals surface area contributed by atoms with Gasteiger partial charge in [-0.2, -0.15) is 0 Å². The highest BCUT2D eigenvalue weighted by Crippen LogP contribution is 2.11. The smallest absolute Gasteiger partial charge is 0.243 e. The van der Waals surface area contributed by atoms with Crippen molar-refractivity contribution < 1.29 is 52.7 Å². The van der Waals surface area contributed by atoms with Crippen molar-refractivity contribution in [3.05, 3.63) is 0 Å². The molecule has 0 aromatic heterocycles. The summed E-state index contributed by atoms with van der Waals surface area (Å²) in [7, 11) is 0. The molecule has 0 fully saturated rings. The Morgan fingerprint density at radius 2 is 0.836 bits per heavy atom. The molecule has 416 valence electrons. The van der Waals surface area contributed by atoms with Gasteiger partial charge < -0.3 is 81.8 Å². The van der Waals surface area contributed by atoms with Crippen LogP contribution in [0.25, 0.3) is 0 Å². The molecular formula is C46H86N16O11. The van der Waals surface area contributed by atoms with Crippen LogP contribution in [-0.2, 0) is 52.7 Å². The standard InChI is InChI=1S/C46H86N16O11/c1-8-28(6)39(62-44(72)32(16-13-19-52-46(50)51)59-35(64)22-53-29(7)63)45(73)56-25-37(66)58-31(15-10-12-18-48)43(71)61-34(21-27(4)5)42(70)55-24-38(67)60-33(20-26(2)3)41(69)54-23-36(65)57-30(40(49)68)14-9-11-17-47/h26-28,30-34,39H,8-25,47-48H2,1-7H3,(H2,49,68)(H,53,63)(H,54,69)(H,55,70)(H,56,73)(H,57,65)(H,58,66)(H,59,64)(H,60,67)(H,61,71)(H,62,72)(H4,50,51,52)/t28-,30-,31-,32-,33-,34-,39-/m0/s1. The van der Waals surface area contributed by atoms with Crippen LogP contribution in [0.4, 0.5) is 0 Å². The second-order valence-electron chi connectivity index (χ2n) is 18.7. The molecule has 0 aromatic carbocycles. The zero-order valence-corrected chi connectivity index (χ0v) is 43.7. The highest BCUT2D eigenvalue weighted by molar-refractivity contribution is 5.97. The summed E-state index contributed by atoms with van der Waals surface area (Å²) in [6.45, 7) is 10.7. The van der Waals surface area contributed by atoms with Crippen molar-refractivity contribution in [1.29, 1.82) is 0 Å². The van der Waals surface area contributed by atoms with Crippen LogP contribution in [0.5, 0.6) is 0 Å². The maximum Gasteiger partial charge on any atom is 0.243 e. The first-order valence-electron chi connectivity index (χ1n) is 25.0. The molecule has 0 saturated carbocycles. The van der Waals surface area contributed by atoms with E-state index < -0.39 is 133 Å². The Morgan fingerprint density at radius 3 is 1.25 bits per heavy atom. The van der Waals surface area contributed by atoms with Gasteiger partial charge in [-0.15, -0.1) is 0 Å². The summed E-state index contributed by atoms with van der Waals surface area (Å²) in [4.78, 5) is 146. The van der Waals surface area contributed by atoms with E-state index in [1.807, 2.05) is 27.7 Å². The van der Waals surface area contributed by atoms with Gasteiger partial charge in [0.2, 0.25) is 65.0 Å². The average Bonchev–Trinajstić information content (AvgIpc) is 3.31. The molecule has 11 amide bonds. The number of primary amides is 1. The molecule has 0 rings (SSSR count). The molecule has 0 aliphatic heterocycles. The third kappa shape index (κ3) is 30.8. The van der Waals surface area contributed by atoms with Crippen LogP contribution in [-0.4, -0.2) is 153 Å².